The van der Waals surface area contributed by atoms with Crippen LogP contribution in [0.3, 0.4) is 0 Å². The molecule has 3 amide bonds. The summed E-state index contributed by atoms with van der Waals surface area (Å²) < 4.78 is 0. The minimum absolute atomic E-state index is 0.162. The van der Waals surface area contributed by atoms with Gasteiger partial charge < -0.3 is 16.0 Å². The summed E-state index contributed by atoms with van der Waals surface area (Å²) in [6, 6.07) is 24.3. The first-order valence-corrected chi connectivity index (χ1v) is 8.21. The SMILES string of the molecule is CC(=O)Nc1cccc(NC(=O)Nc2ccc(-c3ccccc3)cc2)c1. The average Bonchev–Trinajstić information content (AvgIpc) is 2.63. The van der Waals surface area contributed by atoms with Crippen molar-refractivity contribution in [1.82, 2.24) is 0 Å². The number of carbonyl (C=O) groups is 2. The van der Waals surface area contributed by atoms with E-state index in [9.17, 15) is 9.59 Å². The molecule has 0 saturated carbocycles. The van der Waals surface area contributed by atoms with Gasteiger partial charge in [-0.15, -0.1) is 0 Å². The molecule has 0 fully saturated rings. The fourth-order valence-electron chi connectivity index (χ4n) is 2.55. The minimum atomic E-state index is -0.350. The van der Waals surface area contributed by atoms with Gasteiger partial charge in [0.1, 0.15) is 0 Å². The van der Waals surface area contributed by atoms with E-state index in [4.69, 9.17) is 0 Å². The molecule has 0 bridgehead atoms. The second-order valence-electron chi connectivity index (χ2n) is 5.78. The van der Waals surface area contributed by atoms with Crippen LogP contribution < -0.4 is 16.0 Å². The Bertz CT molecular complexity index is 906. The highest BCUT2D eigenvalue weighted by molar-refractivity contribution is 6.00. The maximum Gasteiger partial charge on any atom is 0.323 e. The molecule has 0 saturated heterocycles. The van der Waals surface area contributed by atoms with E-state index < -0.39 is 0 Å². The van der Waals surface area contributed by atoms with E-state index in [-0.39, 0.29) is 11.9 Å². The Morgan fingerprint density at radius 1 is 0.615 bits per heavy atom. The van der Waals surface area contributed by atoms with E-state index in [1.807, 2.05) is 54.6 Å². The number of urea groups is 1. The number of hydrogen-bond acceptors (Lipinski definition) is 2. The molecule has 0 heterocycles. The number of nitrogens with one attached hydrogen (secondary N) is 3. The Morgan fingerprint density at radius 2 is 1.19 bits per heavy atom. The number of hydrogen-bond donors (Lipinski definition) is 3. The van der Waals surface area contributed by atoms with Crippen molar-refractivity contribution in [2.45, 2.75) is 6.92 Å². The van der Waals surface area contributed by atoms with Crippen molar-refractivity contribution in [1.29, 1.82) is 0 Å². The summed E-state index contributed by atoms with van der Waals surface area (Å²) in [6.45, 7) is 1.44. The third kappa shape index (κ3) is 4.70. The molecule has 0 aliphatic rings. The van der Waals surface area contributed by atoms with Crippen molar-refractivity contribution >= 4 is 29.0 Å². The third-order valence-corrected chi connectivity index (χ3v) is 3.69. The summed E-state index contributed by atoms with van der Waals surface area (Å²) in [4.78, 5) is 23.3. The molecule has 0 aliphatic carbocycles. The van der Waals surface area contributed by atoms with Crippen molar-refractivity contribution < 1.29 is 9.59 Å². The number of anilines is 3. The van der Waals surface area contributed by atoms with Gasteiger partial charge in [-0.05, 0) is 41.5 Å². The van der Waals surface area contributed by atoms with Crippen molar-refractivity contribution in [3.8, 4) is 11.1 Å². The first-order valence-electron chi connectivity index (χ1n) is 8.21. The summed E-state index contributed by atoms with van der Waals surface area (Å²) in [5, 5.41) is 8.22. The Hall–Kier alpha value is -3.60. The molecule has 0 aliphatic heterocycles. The zero-order valence-corrected chi connectivity index (χ0v) is 14.3. The molecule has 3 rings (SSSR count). The average molecular weight is 345 g/mol. The van der Waals surface area contributed by atoms with Gasteiger partial charge in [-0.1, -0.05) is 48.5 Å². The Balaban J connectivity index is 1.62. The van der Waals surface area contributed by atoms with Crippen LogP contribution >= 0.6 is 0 Å². The lowest BCUT2D eigenvalue weighted by Gasteiger charge is -2.10. The molecule has 0 unspecified atom stereocenters. The molecule has 0 atom stereocenters. The van der Waals surface area contributed by atoms with Crippen molar-refractivity contribution in [2.24, 2.45) is 0 Å². The van der Waals surface area contributed by atoms with Gasteiger partial charge in [0.15, 0.2) is 0 Å². The number of benzene rings is 3. The summed E-state index contributed by atoms with van der Waals surface area (Å²) in [6.07, 6.45) is 0. The normalized spacial score (nSPS) is 10.0. The predicted octanol–water partition coefficient (Wildman–Crippen LogP) is 4.96. The first-order chi connectivity index (χ1) is 12.6. The molecular formula is C21H19N3O2. The fraction of sp³-hybridized carbons (Fsp3) is 0.0476. The van der Waals surface area contributed by atoms with E-state index in [2.05, 4.69) is 16.0 Å². The van der Waals surface area contributed by atoms with Crippen LogP contribution in [-0.4, -0.2) is 11.9 Å². The Kier molecular flexibility index (Phi) is 5.29. The van der Waals surface area contributed by atoms with E-state index in [1.54, 1.807) is 24.3 Å². The van der Waals surface area contributed by atoms with E-state index in [0.29, 0.717) is 17.1 Å². The van der Waals surface area contributed by atoms with Crippen LogP contribution in [0.2, 0.25) is 0 Å². The van der Waals surface area contributed by atoms with Crippen molar-refractivity contribution in [3.05, 3.63) is 78.9 Å². The van der Waals surface area contributed by atoms with Gasteiger partial charge in [0, 0.05) is 24.0 Å². The summed E-state index contributed by atoms with van der Waals surface area (Å²) in [5.41, 5.74) is 4.12. The maximum absolute atomic E-state index is 12.2. The maximum atomic E-state index is 12.2. The summed E-state index contributed by atoms with van der Waals surface area (Å²) >= 11 is 0. The number of carbonyl (C=O) groups excluding carboxylic acids is 2. The van der Waals surface area contributed by atoms with Crippen LogP contribution in [-0.2, 0) is 4.79 Å². The first kappa shape index (κ1) is 17.2. The molecule has 3 aromatic carbocycles. The van der Waals surface area contributed by atoms with Crippen LogP contribution in [0.15, 0.2) is 78.9 Å². The molecule has 3 aromatic rings. The van der Waals surface area contributed by atoms with E-state index in [0.717, 1.165) is 11.1 Å². The molecular weight excluding hydrogens is 326 g/mol. The number of amides is 3. The van der Waals surface area contributed by atoms with Gasteiger partial charge >= 0.3 is 6.03 Å². The second-order valence-corrected chi connectivity index (χ2v) is 5.78. The highest BCUT2D eigenvalue weighted by Gasteiger charge is 2.05. The Morgan fingerprint density at radius 3 is 1.85 bits per heavy atom. The molecule has 130 valence electrons. The van der Waals surface area contributed by atoms with Gasteiger partial charge in [-0.3, -0.25) is 4.79 Å². The smallest absolute Gasteiger partial charge is 0.323 e. The van der Waals surface area contributed by atoms with E-state index >= 15 is 0 Å². The zero-order chi connectivity index (χ0) is 18.4. The second kappa shape index (κ2) is 7.98. The highest BCUT2D eigenvalue weighted by atomic mass is 16.2. The number of rotatable bonds is 4. The van der Waals surface area contributed by atoms with Crippen molar-refractivity contribution in [2.75, 3.05) is 16.0 Å². The molecule has 0 aromatic heterocycles. The van der Waals surface area contributed by atoms with Crippen LogP contribution in [0.1, 0.15) is 6.92 Å². The van der Waals surface area contributed by atoms with Gasteiger partial charge in [-0.25, -0.2) is 4.79 Å². The monoisotopic (exact) mass is 345 g/mol. The fourth-order valence-corrected chi connectivity index (χ4v) is 2.55. The van der Waals surface area contributed by atoms with Gasteiger partial charge in [-0.2, -0.15) is 0 Å². The molecule has 0 radical (unpaired) electrons. The van der Waals surface area contributed by atoms with Crippen LogP contribution in [0.5, 0.6) is 0 Å². The van der Waals surface area contributed by atoms with Crippen molar-refractivity contribution in [3.63, 3.8) is 0 Å². The van der Waals surface area contributed by atoms with Crippen LogP contribution in [0, 0.1) is 0 Å². The molecule has 0 spiro atoms. The summed E-state index contributed by atoms with van der Waals surface area (Å²) in [7, 11) is 0. The molecule has 26 heavy (non-hydrogen) atoms. The quantitative estimate of drug-likeness (QED) is 0.626. The topological polar surface area (TPSA) is 70.2 Å². The highest BCUT2D eigenvalue weighted by Crippen LogP contribution is 2.21. The lowest BCUT2D eigenvalue weighted by Crippen LogP contribution is -2.19. The lowest BCUT2D eigenvalue weighted by atomic mass is 10.1. The third-order valence-electron chi connectivity index (χ3n) is 3.69. The molecule has 5 nitrogen and oxygen atoms in total. The standard InChI is InChI=1S/C21H19N3O2/c1-15(25)22-19-8-5-9-20(14-19)24-21(26)23-18-12-10-17(11-13-18)16-6-3-2-4-7-16/h2-14H,1H3,(H,22,25)(H2,23,24,26). The predicted molar refractivity (Wildman–Crippen MR) is 105 cm³/mol. The lowest BCUT2D eigenvalue weighted by molar-refractivity contribution is -0.114. The largest absolute Gasteiger partial charge is 0.326 e. The van der Waals surface area contributed by atoms with Crippen LogP contribution in [0.25, 0.3) is 11.1 Å². The molecule has 5 heteroatoms. The van der Waals surface area contributed by atoms with E-state index in [1.165, 1.54) is 6.92 Å². The van der Waals surface area contributed by atoms with Gasteiger partial charge in [0.2, 0.25) is 5.91 Å². The van der Waals surface area contributed by atoms with Gasteiger partial charge in [0.05, 0.1) is 0 Å². The summed E-state index contributed by atoms with van der Waals surface area (Å²) in [5.74, 6) is -0.162. The van der Waals surface area contributed by atoms with Gasteiger partial charge in [0.25, 0.3) is 0 Å². The Labute approximate surface area is 152 Å². The zero-order valence-electron chi connectivity index (χ0n) is 14.3. The minimum Gasteiger partial charge on any atom is -0.326 e. The van der Waals surface area contributed by atoms with Crippen LogP contribution in [0.4, 0.5) is 21.9 Å². The molecule has 3 N–H and O–H groups in total.